The number of carbonyl (C=O) groups is 3. The zero-order valence-corrected chi connectivity index (χ0v) is 26.9. The fourth-order valence-corrected chi connectivity index (χ4v) is 4.99. The Morgan fingerprint density at radius 1 is 0.585 bits per heavy atom. The second-order valence-electron chi connectivity index (χ2n) is 11.7. The molecule has 1 amide bonds. The quantitative estimate of drug-likeness (QED) is 0.0628. The van der Waals surface area contributed by atoms with Gasteiger partial charge in [0.15, 0.2) is 6.10 Å². The van der Waals surface area contributed by atoms with Crippen LogP contribution >= 0.6 is 0 Å². The van der Waals surface area contributed by atoms with E-state index in [4.69, 9.17) is 9.47 Å². The standard InChI is InChI=1S/C34H65NO6/c1-3-4-5-6-7-8-9-11-15-18-21-24-27-34(39)41-32(29-36)30-40-33(38)26-23-20-17-14-12-10-13-16-19-22-25-28-35-31(2)37/h32,36H,3-30H2,1-2H3,(H,35,37)/t32-/m0/s1. The van der Waals surface area contributed by atoms with Crippen LogP contribution < -0.4 is 5.32 Å². The summed E-state index contributed by atoms with van der Waals surface area (Å²) in [7, 11) is 0. The molecule has 0 saturated heterocycles. The summed E-state index contributed by atoms with van der Waals surface area (Å²) in [6.45, 7) is 4.18. The van der Waals surface area contributed by atoms with Gasteiger partial charge in [0.1, 0.15) is 6.61 Å². The Balaban J connectivity index is 3.53. The van der Waals surface area contributed by atoms with Gasteiger partial charge in [-0.25, -0.2) is 0 Å². The van der Waals surface area contributed by atoms with E-state index >= 15 is 0 Å². The normalized spacial score (nSPS) is 11.8. The largest absolute Gasteiger partial charge is 0.462 e. The molecule has 7 heteroatoms. The Labute approximate surface area is 252 Å². The Hall–Kier alpha value is -1.63. The van der Waals surface area contributed by atoms with Crippen LogP contribution in [0.1, 0.15) is 174 Å². The van der Waals surface area contributed by atoms with E-state index in [9.17, 15) is 19.5 Å². The first-order chi connectivity index (χ1) is 20.0. The maximum absolute atomic E-state index is 12.1. The van der Waals surface area contributed by atoms with Gasteiger partial charge in [-0.05, 0) is 19.3 Å². The molecular weight excluding hydrogens is 518 g/mol. The molecule has 242 valence electrons. The van der Waals surface area contributed by atoms with Crippen molar-refractivity contribution < 1.29 is 29.0 Å². The molecule has 0 fully saturated rings. The molecule has 41 heavy (non-hydrogen) atoms. The maximum atomic E-state index is 12.1. The number of nitrogens with one attached hydrogen (secondary N) is 1. The van der Waals surface area contributed by atoms with Gasteiger partial charge in [-0.15, -0.1) is 0 Å². The zero-order chi connectivity index (χ0) is 30.2. The molecule has 0 heterocycles. The minimum atomic E-state index is -0.777. The molecule has 0 aliphatic rings. The van der Waals surface area contributed by atoms with E-state index < -0.39 is 6.10 Å². The summed E-state index contributed by atoms with van der Waals surface area (Å²) in [4.78, 5) is 34.9. The van der Waals surface area contributed by atoms with Crippen LogP contribution in [0, 0.1) is 0 Å². The lowest BCUT2D eigenvalue weighted by atomic mass is 10.0. The molecule has 1 atom stereocenters. The molecule has 2 N–H and O–H groups in total. The van der Waals surface area contributed by atoms with Crippen LogP contribution in [0.5, 0.6) is 0 Å². The number of ether oxygens (including phenoxy) is 2. The number of hydrogen-bond acceptors (Lipinski definition) is 6. The van der Waals surface area contributed by atoms with E-state index in [0.717, 1.165) is 51.5 Å². The van der Waals surface area contributed by atoms with E-state index in [0.29, 0.717) is 12.8 Å². The van der Waals surface area contributed by atoms with Crippen LogP contribution in [0.2, 0.25) is 0 Å². The molecule has 0 aromatic rings. The molecular formula is C34H65NO6. The van der Waals surface area contributed by atoms with Crippen LogP contribution in [0.4, 0.5) is 0 Å². The molecule has 0 rings (SSSR count). The summed E-state index contributed by atoms with van der Waals surface area (Å²) < 4.78 is 10.5. The van der Waals surface area contributed by atoms with Crippen LogP contribution in [0.15, 0.2) is 0 Å². The van der Waals surface area contributed by atoms with Crippen molar-refractivity contribution in [3.63, 3.8) is 0 Å². The van der Waals surface area contributed by atoms with E-state index in [1.807, 2.05) is 0 Å². The number of hydrogen-bond donors (Lipinski definition) is 2. The van der Waals surface area contributed by atoms with Gasteiger partial charge < -0.3 is 19.9 Å². The van der Waals surface area contributed by atoms with Crippen molar-refractivity contribution in [2.45, 2.75) is 180 Å². The highest BCUT2D eigenvalue weighted by Gasteiger charge is 2.16. The van der Waals surface area contributed by atoms with Gasteiger partial charge in [0, 0.05) is 26.3 Å². The van der Waals surface area contributed by atoms with Crippen LogP contribution in [-0.2, 0) is 23.9 Å². The number of carbonyl (C=O) groups excluding carboxylic acids is 3. The molecule has 0 radical (unpaired) electrons. The highest BCUT2D eigenvalue weighted by Crippen LogP contribution is 2.14. The Morgan fingerprint density at radius 3 is 1.39 bits per heavy atom. The lowest BCUT2D eigenvalue weighted by molar-refractivity contribution is -0.161. The van der Waals surface area contributed by atoms with Gasteiger partial charge in [0.05, 0.1) is 6.61 Å². The summed E-state index contributed by atoms with van der Waals surface area (Å²) in [5.74, 6) is -0.566. The van der Waals surface area contributed by atoms with Crippen molar-refractivity contribution in [3.05, 3.63) is 0 Å². The minimum absolute atomic E-state index is 0.0510. The predicted octanol–water partition coefficient (Wildman–Crippen LogP) is 8.34. The van der Waals surface area contributed by atoms with Gasteiger partial charge in [-0.2, -0.15) is 0 Å². The molecule has 0 aliphatic heterocycles. The highest BCUT2D eigenvalue weighted by atomic mass is 16.6. The topological polar surface area (TPSA) is 102 Å². The van der Waals surface area contributed by atoms with Crippen LogP contribution in [0.25, 0.3) is 0 Å². The van der Waals surface area contributed by atoms with Gasteiger partial charge in [0.2, 0.25) is 5.91 Å². The molecule has 0 aromatic heterocycles. The van der Waals surface area contributed by atoms with E-state index in [1.54, 1.807) is 6.92 Å². The third kappa shape index (κ3) is 31.1. The third-order valence-electron chi connectivity index (χ3n) is 7.60. The van der Waals surface area contributed by atoms with E-state index in [1.165, 1.54) is 103 Å². The highest BCUT2D eigenvalue weighted by molar-refractivity contribution is 5.72. The lowest BCUT2D eigenvalue weighted by Gasteiger charge is -2.15. The first-order valence-electron chi connectivity index (χ1n) is 17.2. The molecule has 0 spiro atoms. The molecule has 0 aliphatic carbocycles. The van der Waals surface area contributed by atoms with Crippen molar-refractivity contribution in [1.82, 2.24) is 5.32 Å². The second-order valence-corrected chi connectivity index (χ2v) is 11.7. The first-order valence-corrected chi connectivity index (χ1v) is 17.2. The van der Waals surface area contributed by atoms with Crippen molar-refractivity contribution in [1.29, 1.82) is 0 Å². The average Bonchev–Trinajstić information content (AvgIpc) is 2.95. The second kappa shape index (κ2) is 31.3. The van der Waals surface area contributed by atoms with Crippen LogP contribution in [-0.4, -0.2) is 48.8 Å². The number of aliphatic hydroxyl groups excluding tert-OH is 1. The summed E-state index contributed by atoms with van der Waals surface area (Å²) in [5.41, 5.74) is 0. The van der Waals surface area contributed by atoms with Gasteiger partial charge in [-0.3, -0.25) is 14.4 Å². The fourth-order valence-electron chi connectivity index (χ4n) is 4.99. The van der Waals surface area contributed by atoms with Gasteiger partial charge in [-0.1, -0.05) is 135 Å². The summed E-state index contributed by atoms with van der Waals surface area (Å²) in [5, 5.41) is 12.3. The fraction of sp³-hybridized carbons (Fsp3) is 0.912. The molecule has 0 bridgehead atoms. The number of amides is 1. The monoisotopic (exact) mass is 583 g/mol. The van der Waals surface area contributed by atoms with Crippen molar-refractivity contribution in [3.8, 4) is 0 Å². The van der Waals surface area contributed by atoms with Crippen molar-refractivity contribution in [2.24, 2.45) is 0 Å². The Bertz CT molecular complexity index is 612. The Morgan fingerprint density at radius 2 is 0.976 bits per heavy atom. The molecule has 0 aromatic carbocycles. The maximum Gasteiger partial charge on any atom is 0.306 e. The van der Waals surface area contributed by atoms with Crippen LogP contribution in [0.3, 0.4) is 0 Å². The average molecular weight is 584 g/mol. The number of rotatable bonds is 31. The first kappa shape index (κ1) is 39.4. The molecule has 0 saturated carbocycles. The summed E-state index contributed by atoms with van der Waals surface area (Å²) in [6.07, 6.45) is 27.5. The number of esters is 2. The molecule has 0 unspecified atom stereocenters. The smallest absolute Gasteiger partial charge is 0.306 e. The minimum Gasteiger partial charge on any atom is -0.462 e. The predicted molar refractivity (Wildman–Crippen MR) is 168 cm³/mol. The lowest BCUT2D eigenvalue weighted by Crippen LogP contribution is -2.28. The molecule has 7 nitrogen and oxygen atoms in total. The summed E-state index contributed by atoms with van der Waals surface area (Å²) in [6, 6.07) is 0. The Kier molecular flexibility index (Phi) is 30.1. The van der Waals surface area contributed by atoms with Gasteiger partial charge in [0.25, 0.3) is 0 Å². The zero-order valence-electron chi connectivity index (χ0n) is 26.9. The van der Waals surface area contributed by atoms with Gasteiger partial charge >= 0.3 is 11.9 Å². The summed E-state index contributed by atoms with van der Waals surface area (Å²) >= 11 is 0. The third-order valence-corrected chi connectivity index (χ3v) is 7.60. The van der Waals surface area contributed by atoms with E-state index in [-0.39, 0.29) is 31.1 Å². The van der Waals surface area contributed by atoms with E-state index in [2.05, 4.69) is 12.2 Å². The number of unbranched alkanes of at least 4 members (excludes halogenated alkanes) is 21. The number of aliphatic hydroxyl groups is 1. The SMILES string of the molecule is CCCCCCCCCCCCCCC(=O)O[C@@H](CO)COC(=O)CCCCCCCCCCCCCNC(C)=O. The van der Waals surface area contributed by atoms with Crippen molar-refractivity contribution >= 4 is 17.8 Å². The van der Waals surface area contributed by atoms with Crippen molar-refractivity contribution in [2.75, 3.05) is 19.8 Å².